The highest BCUT2D eigenvalue weighted by molar-refractivity contribution is 5.78. The van der Waals surface area contributed by atoms with Crippen molar-refractivity contribution >= 4 is 5.91 Å². The van der Waals surface area contributed by atoms with Crippen molar-refractivity contribution in [2.75, 3.05) is 6.54 Å². The van der Waals surface area contributed by atoms with Gasteiger partial charge in [-0.05, 0) is 25.7 Å². The van der Waals surface area contributed by atoms with Gasteiger partial charge in [0.05, 0.1) is 12.6 Å². The Balaban J connectivity index is 1.67. The third kappa shape index (κ3) is 5.11. The van der Waals surface area contributed by atoms with Gasteiger partial charge in [0.15, 0.2) is 0 Å². The maximum absolute atomic E-state index is 11.9. The Morgan fingerprint density at radius 3 is 2.32 bits per heavy atom. The minimum Gasteiger partial charge on any atom is -0.392 e. The fraction of sp³-hybridized carbons (Fsp3) is 0.933. The minimum atomic E-state index is -0.287. The first-order valence-electron chi connectivity index (χ1n) is 7.96. The van der Waals surface area contributed by atoms with E-state index in [4.69, 9.17) is 0 Å². The van der Waals surface area contributed by atoms with Gasteiger partial charge in [-0.2, -0.15) is 0 Å². The lowest BCUT2D eigenvalue weighted by atomic mass is 9.95. The lowest BCUT2D eigenvalue weighted by Crippen LogP contribution is -2.46. The molecule has 0 bridgehead atoms. The molecule has 2 fully saturated rings. The van der Waals surface area contributed by atoms with Gasteiger partial charge in [-0.1, -0.05) is 38.5 Å². The van der Waals surface area contributed by atoms with Crippen LogP contribution in [0.4, 0.5) is 0 Å². The van der Waals surface area contributed by atoms with Crippen LogP contribution >= 0.6 is 0 Å². The molecule has 2 aliphatic carbocycles. The van der Waals surface area contributed by atoms with Crippen LogP contribution in [0.5, 0.6) is 0 Å². The average Bonchev–Trinajstić information content (AvgIpc) is 2.62. The van der Waals surface area contributed by atoms with Crippen LogP contribution in [0.3, 0.4) is 0 Å². The first-order valence-corrected chi connectivity index (χ1v) is 7.96. The maximum atomic E-state index is 11.9. The number of hydrogen-bond donors (Lipinski definition) is 3. The molecule has 0 spiro atoms. The summed E-state index contributed by atoms with van der Waals surface area (Å²) < 4.78 is 0. The Labute approximate surface area is 116 Å². The minimum absolute atomic E-state index is 0.0864. The Kier molecular flexibility index (Phi) is 6.11. The van der Waals surface area contributed by atoms with E-state index in [1.807, 2.05) is 0 Å². The Hall–Kier alpha value is -0.610. The highest BCUT2D eigenvalue weighted by Crippen LogP contribution is 2.18. The van der Waals surface area contributed by atoms with Crippen LogP contribution in [-0.4, -0.2) is 35.7 Å². The summed E-state index contributed by atoms with van der Waals surface area (Å²) in [7, 11) is 0. The molecule has 2 atom stereocenters. The molecule has 4 heteroatoms. The smallest absolute Gasteiger partial charge is 0.234 e. The molecule has 0 saturated heterocycles. The molecule has 0 heterocycles. The predicted octanol–water partition coefficient (Wildman–Crippen LogP) is 1.72. The van der Waals surface area contributed by atoms with Crippen molar-refractivity contribution < 1.29 is 9.90 Å². The summed E-state index contributed by atoms with van der Waals surface area (Å²) in [6.45, 7) is 0.345. The molecule has 110 valence electrons. The number of carbonyl (C=O) groups excluding carboxylic acids is 1. The number of hydrogen-bond acceptors (Lipinski definition) is 3. The Morgan fingerprint density at radius 2 is 1.58 bits per heavy atom. The monoisotopic (exact) mass is 268 g/mol. The van der Waals surface area contributed by atoms with Gasteiger partial charge >= 0.3 is 0 Å². The zero-order valence-electron chi connectivity index (χ0n) is 11.9. The van der Waals surface area contributed by atoms with Crippen LogP contribution < -0.4 is 10.6 Å². The van der Waals surface area contributed by atoms with E-state index >= 15 is 0 Å². The maximum Gasteiger partial charge on any atom is 0.234 e. The normalized spacial score (nSPS) is 29.7. The van der Waals surface area contributed by atoms with Crippen LogP contribution in [0.15, 0.2) is 0 Å². The van der Waals surface area contributed by atoms with Crippen molar-refractivity contribution in [1.82, 2.24) is 10.6 Å². The molecule has 0 aromatic heterocycles. The number of aliphatic hydroxyl groups excluding tert-OH is 1. The number of amides is 1. The first kappa shape index (κ1) is 14.8. The van der Waals surface area contributed by atoms with Crippen molar-refractivity contribution in [1.29, 1.82) is 0 Å². The molecule has 4 nitrogen and oxygen atoms in total. The second-order valence-electron chi connectivity index (χ2n) is 6.10. The largest absolute Gasteiger partial charge is 0.392 e. The molecular weight excluding hydrogens is 240 g/mol. The van der Waals surface area contributed by atoms with Crippen LogP contribution in [0.1, 0.15) is 64.2 Å². The molecule has 0 aromatic carbocycles. The first-order chi connectivity index (χ1) is 9.25. The summed E-state index contributed by atoms with van der Waals surface area (Å²) in [5.41, 5.74) is 0. The number of rotatable bonds is 4. The van der Waals surface area contributed by atoms with Gasteiger partial charge in [-0.3, -0.25) is 4.79 Å². The Morgan fingerprint density at radius 1 is 0.947 bits per heavy atom. The van der Waals surface area contributed by atoms with Crippen LogP contribution in [0.2, 0.25) is 0 Å². The zero-order chi connectivity index (χ0) is 13.5. The molecule has 2 rings (SSSR count). The number of nitrogens with one attached hydrogen (secondary N) is 2. The summed E-state index contributed by atoms with van der Waals surface area (Å²) in [6.07, 6.45) is 11.0. The van der Waals surface area contributed by atoms with Crippen molar-refractivity contribution in [3.05, 3.63) is 0 Å². The summed E-state index contributed by atoms with van der Waals surface area (Å²) in [5.74, 6) is 0.0864. The molecule has 19 heavy (non-hydrogen) atoms. The van der Waals surface area contributed by atoms with Gasteiger partial charge in [0, 0.05) is 12.1 Å². The van der Waals surface area contributed by atoms with Gasteiger partial charge in [0.25, 0.3) is 0 Å². The van der Waals surface area contributed by atoms with Gasteiger partial charge in [-0.25, -0.2) is 0 Å². The van der Waals surface area contributed by atoms with E-state index in [0.717, 1.165) is 38.5 Å². The standard InChI is InChI=1S/C15H28N2O2/c18-14-10-6-2-5-9-13(14)16-11-15(19)17-12-7-3-1-4-8-12/h12-14,16,18H,1-11H2,(H,17,19). The molecule has 2 saturated carbocycles. The third-order valence-corrected chi connectivity index (χ3v) is 4.47. The van der Waals surface area contributed by atoms with E-state index < -0.39 is 0 Å². The fourth-order valence-corrected chi connectivity index (χ4v) is 3.28. The van der Waals surface area contributed by atoms with Crippen LogP contribution in [0, 0.1) is 0 Å². The van der Waals surface area contributed by atoms with Gasteiger partial charge in [0.2, 0.25) is 5.91 Å². The number of carbonyl (C=O) groups is 1. The zero-order valence-corrected chi connectivity index (χ0v) is 11.9. The fourth-order valence-electron chi connectivity index (χ4n) is 3.28. The predicted molar refractivity (Wildman–Crippen MR) is 75.9 cm³/mol. The quantitative estimate of drug-likeness (QED) is 0.680. The van der Waals surface area contributed by atoms with Crippen LogP contribution in [-0.2, 0) is 4.79 Å². The van der Waals surface area contributed by atoms with E-state index in [1.165, 1.54) is 25.7 Å². The topological polar surface area (TPSA) is 61.4 Å². The molecule has 0 aromatic rings. The number of aliphatic hydroxyl groups is 1. The summed E-state index contributed by atoms with van der Waals surface area (Å²) in [6, 6.07) is 0.474. The van der Waals surface area contributed by atoms with Gasteiger partial charge in [-0.15, -0.1) is 0 Å². The second-order valence-corrected chi connectivity index (χ2v) is 6.10. The third-order valence-electron chi connectivity index (χ3n) is 4.47. The molecule has 0 aliphatic heterocycles. The highest BCUT2D eigenvalue weighted by Gasteiger charge is 2.22. The van der Waals surface area contributed by atoms with Crippen molar-refractivity contribution in [2.24, 2.45) is 0 Å². The molecular formula is C15H28N2O2. The molecule has 2 unspecified atom stereocenters. The van der Waals surface area contributed by atoms with E-state index in [0.29, 0.717) is 12.6 Å². The molecule has 0 radical (unpaired) electrons. The lowest BCUT2D eigenvalue weighted by molar-refractivity contribution is -0.121. The Bertz CT molecular complexity index is 277. The summed E-state index contributed by atoms with van der Waals surface area (Å²) in [5, 5.41) is 16.3. The summed E-state index contributed by atoms with van der Waals surface area (Å²) in [4.78, 5) is 11.9. The van der Waals surface area contributed by atoms with Crippen molar-refractivity contribution in [3.8, 4) is 0 Å². The van der Waals surface area contributed by atoms with Crippen molar-refractivity contribution in [3.63, 3.8) is 0 Å². The SMILES string of the molecule is O=C(CNC1CCCCCC1O)NC1CCCCC1. The highest BCUT2D eigenvalue weighted by atomic mass is 16.3. The molecule has 1 amide bonds. The van der Waals surface area contributed by atoms with E-state index in [-0.39, 0.29) is 18.1 Å². The van der Waals surface area contributed by atoms with E-state index in [2.05, 4.69) is 10.6 Å². The molecule has 3 N–H and O–H groups in total. The average molecular weight is 268 g/mol. The summed E-state index contributed by atoms with van der Waals surface area (Å²) >= 11 is 0. The van der Waals surface area contributed by atoms with Gasteiger partial charge in [0.1, 0.15) is 0 Å². The lowest BCUT2D eigenvalue weighted by Gasteiger charge is -2.25. The van der Waals surface area contributed by atoms with Crippen molar-refractivity contribution in [2.45, 2.75) is 82.4 Å². The molecule has 2 aliphatic rings. The van der Waals surface area contributed by atoms with Gasteiger partial charge < -0.3 is 15.7 Å². The second kappa shape index (κ2) is 7.85. The van der Waals surface area contributed by atoms with Crippen LogP contribution in [0.25, 0.3) is 0 Å². The van der Waals surface area contributed by atoms with E-state index in [9.17, 15) is 9.90 Å². The van der Waals surface area contributed by atoms with E-state index in [1.54, 1.807) is 0 Å².